The molecule has 0 heterocycles. The molecule has 3 N–H and O–H groups in total. The van der Waals surface area contributed by atoms with Crippen LogP contribution in [0.5, 0.6) is 0 Å². The summed E-state index contributed by atoms with van der Waals surface area (Å²) in [5, 5.41) is 8.87. The Bertz CT molecular complexity index is 333. The molecule has 0 saturated carbocycles. The molecule has 1 unspecified atom stereocenters. The Labute approximate surface area is 89.9 Å². The van der Waals surface area contributed by atoms with Crippen molar-refractivity contribution in [1.29, 1.82) is 0 Å². The number of aliphatic carboxylic acids is 1. The molecule has 0 aliphatic rings. The van der Waals surface area contributed by atoms with Crippen LogP contribution in [0.25, 0.3) is 0 Å². The number of carboxylic acid groups (broad SMARTS) is 1. The van der Waals surface area contributed by atoms with Crippen LogP contribution in [-0.2, 0) is 11.2 Å². The lowest BCUT2D eigenvalue weighted by Crippen LogP contribution is -2.45. The van der Waals surface area contributed by atoms with E-state index < -0.39 is 17.4 Å². The van der Waals surface area contributed by atoms with Crippen LogP contribution < -0.4 is 5.73 Å². The third kappa shape index (κ3) is 3.06. The Morgan fingerprint density at radius 3 is 2.40 bits per heavy atom. The molecule has 0 aliphatic carbocycles. The summed E-state index contributed by atoms with van der Waals surface area (Å²) >= 11 is 0. The summed E-state index contributed by atoms with van der Waals surface area (Å²) < 4.78 is 0. The maximum absolute atomic E-state index is 10.8. The first-order valence-corrected chi connectivity index (χ1v) is 4.96. The van der Waals surface area contributed by atoms with Gasteiger partial charge in [-0.1, -0.05) is 44.2 Å². The highest BCUT2D eigenvalue weighted by atomic mass is 16.4. The van der Waals surface area contributed by atoms with Crippen LogP contribution in [0.3, 0.4) is 0 Å². The van der Waals surface area contributed by atoms with Crippen LogP contribution in [0.4, 0.5) is 0 Å². The first kappa shape index (κ1) is 11.7. The third-order valence-electron chi connectivity index (χ3n) is 2.61. The largest absolute Gasteiger partial charge is 0.480 e. The number of carbonyl (C=O) groups is 1. The van der Waals surface area contributed by atoms with E-state index in [0.717, 1.165) is 5.56 Å². The second kappa shape index (κ2) is 4.45. The molecule has 3 nitrogen and oxygen atoms in total. The Hall–Kier alpha value is -1.35. The van der Waals surface area contributed by atoms with Crippen molar-refractivity contribution < 1.29 is 9.90 Å². The van der Waals surface area contributed by atoms with E-state index in [4.69, 9.17) is 10.8 Å². The summed E-state index contributed by atoms with van der Waals surface area (Å²) in [6, 6.07) is 8.95. The molecule has 3 heteroatoms. The third-order valence-corrected chi connectivity index (χ3v) is 2.61. The SMILES string of the molecule is CC(C)(Cc1ccccc1)C(N)C(=O)O. The quantitative estimate of drug-likeness (QED) is 0.789. The van der Waals surface area contributed by atoms with Gasteiger partial charge >= 0.3 is 5.97 Å². The molecular weight excluding hydrogens is 190 g/mol. The van der Waals surface area contributed by atoms with E-state index in [0.29, 0.717) is 6.42 Å². The summed E-state index contributed by atoms with van der Waals surface area (Å²) in [6.07, 6.45) is 0.668. The van der Waals surface area contributed by atoms with Crippen LogP contribution in [0.2, 0.25) is 0 Å². The zero-order valence-electron chi connectivity index (χ0n) is 9.10. The average Bonchev–Trinajstić information content (AvgIpc) is 2.17. The van der Waals surface area contributed by atoms with Crippen LogP contribution in [-0.4, -0.2) is 17.1 Å². The van der Waals surface area contributed by atoms with Gasteiger partial charge in [0.15, 0.2) is 0 Å². The number of rotatable bonds is 4. The summed E-state index contributed by atoms with van der Waals surface area (Å²) in [4.78, 5) is 10.8. The van der Waals surface area contributed by atoms with Gasteiger partial charge in [-0.05, 0) is 17.4 Å². The Balaban J connectivity index is 2.76. The molecule has 0 fully saturated rings. The van der Waals surface area contributed by atoms with E-state index in [1.54, 1.807) is 0 Å². The molecule has 0 bridgehead atoms. The molecule has 15 heavy (non-hydrogen) atoms. The van der Waals surface area contributed by atoms with Gasteiger partial charge in [-0.3, -0.25) is 4.79 Å². The molecule has 0 spiro atoms. The summed E-state index contributed by atoms with van der Waals surface area (Å²) in [5.74, 6) is -0.948. The predicted molar refractivity (Wildman–Crippen MR) is 59.5 cm³/mol. The lowest BCUT2D eigenvalue weighted by Gasteiger charge is -2.28. The highest BCUT2D eigenvalue weighted by Gasteiger charge is 2.31. The monoisotopic (exact) mass is 207 g/mol. The molecule has 0 radical (unpaired) electrons. The van der Waals surface area contributed by atoms with E-state index in [1.807, 2.05) is 44.2 Å². The molecule has 0 amide bonds. The zero-order valence-corrected chi connectivity index (χ0v) is 9.10. The smallest absolute Gasteiger partial charge is 0.321 e. The minimum absolute atomic E-state index is 0.437. The molecule has 0 aliphatic heterocycles. The molecule has 1 atom stereocenters. The fraction of sp³-hybridized carbons (Fsp3) is 0.417. The molecule has 0 saturated heterocycles. The van der Waals surface area contributed by atoms with Crippen molar-refractivity contribution in [3.8, 4) is 0 Å². The minimum Gasteiger partial charge on any atom is -0.480 e. The number of hydrogen-bond donors (Lipinski definition) is 2. The number of carboxylic acids is 1. The molecule has 1 aromatic carbocycles. The van der Waals surface area contributed by atoms with Gasteiger partial charge in [-0.2, -0.15) is 0 Å². The van der Waals surface area contributed by atoms with Gasteiger partial charge in [0.1, 0.15) is 6.04 Å². The van der Waals surface area contributed by atoms with Crippen molar-refractivity contribution in [3.63, 3.8) is 0 Å². The van der Waals surface area contributed by atoms with Gasteiger partial charge < -0.3 is 10.8 Å². The first-order valence-electron chi connectivity index (χ1n) is 4.96. The van der Waals surface area contributed by atoms with Crippen molar-refractivity contribution in [2.24, 2.45) is 11.1 Å². The second-order valence-corrected chi connectivity index (χ2v) is 4.47. The first-order chi connectivity index (χ1) is 6.93. The molecule has 82 valence electrons. The van der Waals surface area contributed by atoms with E-state index >= 15 is 0 Å². The van der Waals surface area contributed by atoms with Crippen LogP contribution in [0.15, 0.2) is 30.3 Å². The van der Waals surface area contributed by atoms with Crippen molar-refractivity contribution in [1.82, 2.24) is 0 Å². The van der Waals surface area contributed by atoms with E-state index in [2.05, 4.69) is 0 Å². The van der Waals surface area contributed by atoms with Crippen molar-refractivity contribution in [2.45, 2.75) is 26.3 Å². The van der Waals surface area contributed by atoms with Crippen LogP contribution >= 0.6 is 0 Å². The molecule has 1 aromatic rings. The summed E-state index contributed by atoms with van der Waals surface area (Å²) in [7, 11) is 0. The maximum atomic E-state index is 10.8. The summed E-state index contributed by atoms with van der Waals surface area (Å²) in [5.41, 5.74) is 6.32. The standard InChI is InChI=1S/C12H17NO2/c1-12(2,10(13)11(14)15)8-9-6-4-3-5-7-9/h3-7,10H,8,13H2,1-2H3,(H,14,15). The van der Waals surface area contributed by atoms with Gasteiger partial charge in [-0.25, -0.2) is 0 Å². The van der Waals surface area contributed by atoms with Gasteiger partial charge in [0.25, 0.3) is 0 Å². The van der Waals surface area contributed by atoms with Crippen LogP contribution in [0, 0.1) is 5.41 Å². The highest BCUT2D eigenvalue weighted by Crippen LogP contribution is 2.25. The second-order valence-electron chi connectivity index (χ2n) is 4.47. The normalized spacial score (nSPS) is 13.5. The van der Waals surface area contributed by atoms with E-state index in [9.17, 15) is 4.79 Å². The number of nitrogens with two attached hydrogens (primary N) is 1. The number of benzene rings is 1. The summed E-state index contributed by atoms with van der Waals surface area (Å²) in [6.45, 7) is 3.75. The number of hydrogen-bond acceptors (Lipinski definition) is 2. The van der Waals surface area contributed by atoms with Crippen LogP contribution in [0.1, 0.15) is 19.4 Å². The van der Waals surface area contributed by atoms with Gasteiger partial charge in [0, 0.05) is 0 Å². The van der Waals surface area contributed by atoms with Gasteiger partial charge in [-0.15, -0.1) is 0 Å². The van der Waals surface area contributed by atoms with Crippen molar-refractivity contribution >= 4 is 5.97 Å². The van der Waals surface area contributed by atoms with Crippen molar-refractivity contribution in [2.75, 3.05) is 0 Å². The van der Waals surface area contributed by atoms with Gasteiger partial charge in [0.05, 0.1) is 0 Å². The van der Waals surface area contributed by atoms with Crippen molar-refractivity contribution in [3.05, 3.63) is 35.9 Å². The topological polar surface area (TPSA) is 63.3 Å². The Kier molecular flexibility index (Phi) is 3.48. The van der Waals surface area contributed by atoms with E-state index in [1.165, 1.54) is 0 Å². The minimum atomic E-state index is -0.948. The fourth-order valence-electron chi connectivity index (χ4n) is 1.57. The lowest BCUT2D eigenvalue weighted by molar-refractivity contribution is -0.141. The molecule has 1 rings (SSSR count). The van der Waals surface area contributed by atoms with Gasteiger partial charge in [0.2, 0.25) is 0 Å². The highest BCUT2D eigenvalue weighted by molar-refractivity contribution is 5.74. The lowest BCUT2D eigenvalue weighted by atomic mass is 9.79. The van der Waals surface area contributed by atoms with E-state index in [-0.39, 0.29) is 0 Å². The Morgan fingerprint density at radius 2 is 1.93 bits per heavy atom. The zero-order chi connectivity index (χ0) is 11.5. The maximum Gasteiger partial charge on any atom is 0.321 e. The molecule has 0 aromatic heterocycles. The Morgan fingerprint density at radius 1 is 1.40 bits per heavy atom. The molecular formula is C12H17NO2. The average molecular weight is 207 g/mol. The predicted octanol–water partition coefficient (Wildman–Crippen LogP) is 1.67. The fourth-order valence-corrected chi connectivity index (χ4v) is 1.57.